The standard InChI is InChI=1S/C15H18N2O2/c1-19-14-8-7-12(10-17-14)15(18)13(16)9-11-5-3-2-4-6-11/h2-8,10,13,15,18H,9,16H2,1H3. The van der Waals surface area contributed by atoms with E-state index in [1.165, 1.54) is 0 Å². The summed E-state index contributed by atoms with van der Waals surface area (Å²) in [5.41, 5.74) is 7.85. The molecule has 0 aliphatic rings. The fourth-order valence-electron chi connectivity index (χ4n) is 1.93. The van der Waals surface area contributed by atoms with Crippen LogP contribution in [0, 0.1) is 0 Å². The Balaban J connectivity index is 2.03. The van der Waals surface area contributed by atoms with E-state index >= 15 is 0 Å². The van der Waals surface area contributed by atoms with Crippen molar-refractivity contribution in [3.8, 4) is 5.88 Å². The number of rotatable bonds is 5. The van der Waals surface area contributed by atoms with Crippen molar-refractivity contribution in [3.05, 3.63) is 59.8 Å². The smallest absolute Gasteiger partial charge is 0.212 e. The maximum absolute atomic E-state index is 10.2. The molecule has 1 aromatic heterocycles. The average Bonchev–Trinajstić information content (AvgIpc) is 2.47. The van der Waals surface area contributed by atoms with Crippen molar-refractivity contribution < 1.29 is 9.84 Å². The summed E-state index contributed by atoms with van der Waals surface area (Å²) in [4.78, 5) is 4.07. The lowest BCUT2D eigenvalue weighted by molar-refractivity contribution is 0.145. The van der Waals surface area contributed by atoms with Crippen molar-refractivity contribution >= 4 is 0 Å². The van der Waals surface area contributed by atoms with Crippen molar-refractivity contribution in [2.75, 3.05) is 7.11 Å². The summed E-state index contributed by atoms with van der Waals surface area (Å²) in [5, 5.41) is 10.2. The highest BCUT2D eigenvalue weighted by Gasteiger charge is 2.17. The summed E-state index contributed by atoms with van der Waals surface area (Å²) in [6.07, 6.45) is 1.47. The Morgan fingerprint density at radius 1 is 1.21 bits per heavy atom. The number of hydrogen-bond acceptors (Lipinski definition) is 4. The van der Waals surface area contributed by atoms with Gasteiger partial charge in [-0.3, -0.25) is 0 Å². The molecule has 2 atom stereocenters. The molecule has 0 aliphatic carbocycles. The van der Waals surface area contributed by atoms with Gasteiger partial charge in [0.15, 0.2) is 0 Å². The molecule has 0 amide bonds. The maximum Gasteiger partial charge on any atom is 0.212 e. The van der Waals surface area contributed by atoms with Gasteiger partial charge in [-0.2, -0.15) is 0 Å². The molecule has 4 heteroatoms. The van der Waals surface area contributed by atoms with Crippen LogP contribution in [-0.2, 0) is 6.42 Å². The van der Waals surface area contributed by atoms with Crippen LogP contribution in [0.2, 0.25) is 0 Å². The molecule has 100 valence electrons. The first-order valence-electron chi connectivity index (χ1n) is 6.18. The Kier molecular flexibility index (Phi) is 4.49. The lowest BCUT2D eigenvalue weighted by Crippen LogP contribution is -2.30. The zero-order chi connectivity index (χ0) is 13.7. The van der Waals surface area contributed by atoms with Gasteiger partial charge in [-0.15, -0.1) is 0 Å². The van der Waals surface area contributed by atoms with Gasteiger partial charge < -0.3 is 15.6 Å². The monoisotopic (exact) mass is 258 g/mol. The Bertz CT molecular complexity index is 499. The molecule has 0 fully saturated rings. The molecular formula is C15H18N2O2. The topological polar surface area (TPSA) is 68.4 Å². The Morgan fingerprint density at radius 2 is 1.95 bits per heavy atom. The van der Waals surface area contributed by atoms with Crippen LogP contribution in [0.4, 0.5) is 0 Å². The molecule has 0 saturated heterocycles. The lowest BCUT2D eigenvalue weighted by Gasteiger charge is -2.19. The second kappa shape index (κ2) is 6.31. The van der Waals surface area contributed by atoms with E-state index in [4.69, 9.17) is 10.5 Å². The molecule has 4 nitrogen and oxygen atoms in total. The minimum Gasteiger partial charge on any atom is -0.481 e. The molecule has 0 bridgehead atoms. The lowest BCUT2D eigenvalue weighted by atomic mass is 9.98. The molecule has 1 aromatic carbocycles. The van der Waals surface area contributed by atoms with E-state index in [-0.39, 0.29) is 6.04 Å². The number of aromatic nitrogens is 1. The SMILES string of the molecule is COc1ccc(C(O)C(N)Cc2ccccc2)cn1. The number of aliphatic hydroxyl groups is 1. The van der Waals surface area contributed by atoms with E-state index in [2.05, 4.69) is 4.98 Å². The van der Waals surface area contributed by atoms with Gasteiger partial charge in [0.05, 0.1) is 13.2 Å². The highest BCUT2D eigenvalue weighted by atomic mass is 16.5. The normalized spacial score (nSPS) is 13.8. The largest absolute Gasteiger partial charge is 0.481 e. The van der Waals surface area contributed by atoms with Gasteiger partial charge >= 0.3 is 0 Å². The summed E-state index contributed by atoms with van der Waals surface area (Å²) >= 11 is 0. The van der Waals surface area contributed by atoms with E-state index in [0.29, 0.717) is 17.9 Å². The number of methoxy groups -OCH3 is 1. The molecule has 0 aliphatic heterocycles. The van der Waals surface area contributed by atoms with Gasteiger partial charge in [-0.05, 0) is 18.1 Å². The molecule has 1 heterocycles. The Labute approximate surface area is 112 Å². The van der Waals surface area contributed by atoms with Crippen molar-refractivity contribution in [1.82, 2.24) is 4.98 Å². The number of benzene rings is 1. The van der Waals surface area contributed by atoms with E-state index in [1.54, 1.807) is 25.4 Å². The van der Waals surface area contributed by atoms with Crippen LogP contribution in [0.1, 0.15) is 17.2 Å². The molecule has 19 heavy (non-hydrogen) atoms. The van der Waals surface area contributed by atoms with Crippen LogP contribution < -0.4 is 10.5 Å². The quantitative estimate of drug-likeness (QED) is 0.856. The molecular weight excluding hydrogens is 240 g/mol. The second-order valence-electron chi connectivity index (χ2n) is 4.43. The van der Waals surface area contributed by atoms with Crippen LogP contribution in [0.3, 0.4) is 0 Å². The third kappa shape index (κ3) is 3.53. The Hall–Kier alpha value is -1.91. The Morgan fingerprint density at radius 3 is 2.53 bits per heavy atom. The molecule has 0 radical (unpaired) electrons. The number of ether oxygens (including phenoxy) is 1. The van der Waals surface area contributed by atoms with Crippen LogP contribution >= 0.6 is 0 Å². The third-order valence-corrected chi connectivity index (χ3v) is 3.03. The number of nitrogens with two attached hydrogens (primary N) is 1. The first-order chi connectivity index (χ1) is 9.20. The van der Waals surface area contributed by atoms with Crippen LogP contribution in [0.25, 0.3) is 0 Å². The zero-order valence-corrected chi connectivity index (χ0v) is 10.9. The first kappa shape index (κ1) is 13.5. The minimum atomic E-state index is -0.737. The van der Waals surface area contributed by atoms with E-state index < -0.39 is 6.10 Å². The van der Waals surface area contributed by atoms with Crippen LogP contribution in [0.5, 0.6) is 5.88 Å². The third-order valence-electron chi connectivity index (χ3n) is 3.03. The van der Waals surface area contributed by atoms with Gasteiger partial charge in [-0.25, -0.2) is 4.98 Å². The van der Waals surface area contributed by atoms with Gasteiger partial charge in [-0.1, -0.05) is 30.3 Å². The van der Waals surface area contributed by atoms with Gasteiger partial charge in [0, 0.05) is 23.9 Å². The number of nitrogens with zero attached hydrogens (tertiary/aromatic N) is 1. The number of pyridine rings is 1. The first-order valence-corrected chi connectivity index (χ1v) is 6.18. The summed E-state index contributed by atoms with van der Waals surface area (Å²) in [6, 6.07) is 13.0. The van der Waals surface area contributed by atoms with Crippen LogP contribution in [-0.4, -0.2) is 23.2 Å². The zero-order valence-electron chi connectivity index (χ0n) is 10.9. The summed E-state index contributed by atoms with van der Waals surface area (Å²) in [7, 11) is 1.56. The minimum absolute atomic E-state index is 0.363. The van der Waals surface area contributed by atoms with Gasteiger partial charge in [0.1, 0.15) is 0 Å². The fourth-order valence-corrected chi connectivity index (χ4v) is 1.93. The molecule has 2 rings (SSSR count). The summed E-state index contributed by atoms with van der Waals surface area (Å²) in [5.74, 6) is 0.521. The fraction of sp³-hybridized carbons (Fsp3) is 0.267. The second-order valence-corrected chi connectivity index (χ2v) is 4.43. The van der Waals surface area contributed by atoms with Crippen LogP contribution in [0.15, 0.2) is 48.7 Å². The number of hydrogen-bond donors (Lipinski definition) is 2. The van der Waals surface area contributed by atoms with Crippen molar-refractivity contribution in [2.24, 2.45) is 5.73 Å². The highest BCUT2D eigenvalue weighted by Crippen LogP contribution is 2.19. The molecule has 0 spiro atoms. The van der Waals surface area contributed by atoms with E-state index in [1.807, 2.05) is 30.3 Å². The average molecular weight is 258 g/mol. The predicted molar refractivity (Wildman–Crippen MR) is 73.9 cm³/mol. The van der Waals surface area contributed by atoms with Crippen molar-refractivity contribution in [2.45, 2.75) is 18.6 Å². The predicted octanol–water partition coefficient (Wildman–Crippen LogP) is 1.69. The van der Waals surface area contributed by atoms with Crippen molar-refractivity contribution in [1.29, 1.82) is 0 Å². The van der Waals surface area contributed by atoms with Gasteiger partial charge in [0.2, 0.25) is 5.88 Å². The number of aliphatic hydroxyl groups excluding tert-OH is 1. The molecule has 0 saturated carbocycles. The van der Waals surface area contributed by atoms with Gasteiger partial charge in [0.25, 0.3) is 0 Å². The van der Waals surface area contributed by atoms with E-state index in [0.717, 1.165) is 5.56 Å². The molecule has 2 aromatic rings. The summed E-state index contributed by atoms with van der Waals surface area (Å²) < 4.78 is 4.98. The molecule has 3 N–H and O–H groups in total. The summed E-state index contributed by atoms with van der Waals surface area (Å²) in [6.45, 7) is 0. The molecule has 2 unspecified atom stereocenters. The highest BCUT2D eigenvalue weighted by molar-refractivity contribution is 5.22. The van der Waals surface area contributed by atoms with E-state index in [9.17, 15) is 5.11 Å². The van der Waals surface area contributed by atoms with Crippen molar-refractivity contribution in [3.63, 3.8) is 0 Å². The maximum atomic E-state index is 10.2.